The van der Waals surface area contributed by atoms with Crippen LogP contribution in [-0.2, 0) is 16.0 Å². The molecular weight excluding hydrogens is 338 g/mol. The first-order chi connectivity index (χ1) is 12.5. The van der Waals surface area contributed by atoms with E-state index in [0.29, 0.717) is 17.3 Å². The highest BCUT2D eigenvalue weighted by Crippen LogP contribution is 2.35. The number of carbonyl (C=O) groups excluding carboxylic acids is 1. The number of anilines is 1. The van der Waals surface area contributed by atoms with Crippen molar-refractivity contribution in [2.45, 2.75) is 19.4 Å². The molecule has 1 atom stereocenters. The van der Waals surface area contributed by atoms with Crippen molar-refractivity contribution in [3.63, 3.8) is 0 Å². The number of hydrogen-bond acceptors (Lipinski definition) is 7. The lowest BCUT2D eigenvalue weighted by atomic mass is 10.1. The summed E-state index contributed by atoms with van der Waals surface area (Å²) >= 11 is 0. The number of amidine groups is 1. The third-order valence-electron chi connectivity index (χ3n) is 3.89. The fourth-order valence-electron chi connectivity index (χ4n) is 2.50. The third-order valence-corrected chi connectivity index (χ3v) is 3.89. The van der Waals surface area contributed by atoms with Gasteiger partial charge in [0.2, 0.25) is 0 Å². The minimum absolute atomic E-state index is 0.0443. The monoisotopic (exact) mass is 355 g/mol. The predicted octanol–water partition coefficient (Wildman–Crippen LogP) is 3.23. The van der Waals surface area contributed by atoms with Crippen molar-refractivity contribution in [1.29, 1.82) is 0 Å². The summed E-state index contributed by atoms with van der Waals surface area (Å²) in [6, 6.07) is 11.6. The van der Waals surface area contributed by atoms with Crippen LogP contribution in [0.2, 0.25) is 0 Å². The van der Waals surface area contributed by atoms with E-state index in [1.165, 1.54) is 19.2 Å². The molecule has 0 saturated heterocycles. The van der Waals surface area contributed by atoms with E-state index >= 15 is 0 Å². The third kappa shape index (κ3) is 3.80. The summed E-state index contributed by atoms with van der Waals surface area (Å²) in [5.41, 5.74) is 1.96. The maximum atomic E-state index is 11.3. The molecule has 2 aromatic carbocycles. The number of nitrogens with one attached hydrogen (secondary N) is 1. The smallest absolute Gasteiger partial charge is 0.309 e. The lowest BCUT2D eigenvalue weighted by Gasteiger charge is -2.24. The second kappa shape index (κ2) is 7.22. The van der Waals surface area contributed by atoms with Gasteiger partial charge in [0.1, 0.15) is 17.3 Å². The number of ether oxygens (including phenoxy) is 2. The Morgan fingerprint density at radius 2 is 2.04 bits per heavy atom. The summed E-state index contributed by atoms with van der Waals surface area (Å²) in [7, 11) is 1.35. The molecule has 0 aliphatic carbocycles. The average molecular weight is 355 g/mol. The van der Waals surface area contributed by atoms with Crippen LogP contribution in [0.5, 0.6) is 5.75 Å². The summed E-state index contributed by atoms with van der Waals surface area (Å²) in [6.07, 6.45) is -0.132. The van der Waals surface area contributed by atoms with Gasteiger partial charge in [0.05, 0.1) is 18.5 Å². The number of fused-ring (bicyclic) bond motifs is 1. The van der Waals surface area contributed by atoms with Crippen molar-refractivity contribution >= 4 is 28.9 Å². The zero-order valence-electron chi connectivity index (χ0n) is 14.3. The normalized spacial score (nSPS) is 15.3. The number of benzene rings is 2. The van der Waals surface area contributed by atoms with Gasteiger partial charge in [0, 0.05) is 17.8 Å². The minimum Gasteiger partial charge on any atom is -0.481 e. The maximum absolute atomic E-state index is 11.3. The molecule has 8 nitrogen and oxygen atoms in total. The fraction of sp³-hybridized carbons (Fsp3) is 0.222. The van der Waals surface area contributed by atoms with Gasteiger partial charge in [-0.25, -0.2) is 4.99 Å². The van der Waals surface area contributed by atoms with Gasteiger partial charge in [0.25, 0.3) is 5.69 Å². The summed E-state index contributed by atoms with van der Waals surface area (Å²) in [5.74, 6) is 0.739. The van der Waals surface area contributed by atoms with Crippen molar-refractivity contribution in [1.82, 2.24) is 0 Å². The Bertz CT molecular complexity index is 877. The van der Waals surface area contributed by atoms with E-state index in [1.54, 1.807) is 6.07 Å². The van der Waals surface area contributed by atoms with Crippen molar-refractivity contribution in [3.05, 3.63) is 58.1 Å². The molecule has 3 rings (SSSR count). The highest BCUT2D eigenvalue weighted by atomic mass is 16.6. The van der Waals surface area contributed by atoms with E-state index in [9.17, 15) is 14.9 Å². The lowest BCUT2D eigenvalue weighted by Crippen LogP contribution is -2.32. The summed E-state index contributed by atoms with van der Waals surface area (Å²) in [4.78, 5) is 26.2. The molecule has 134 valence electrons. The maximum Gasteiger partial charge on any atom is 0.309 e. The molecule has 0 amide bonds. The van der Waals surface area contributed by atoms with Crippen LogP contribution < -0.4 is 10.1 Å². The summed E-state index contributed by atoms with van der Waals surface area (Å²) in [5, 5.41) is 14.1. The van der Waals surface area contributed by atoms with Gasteiger partial charge < -0.3 is 14.8 Å². The Hall–Kier alpha value is -3.42. The molecule has 26 heavy (non-hydrogen) atoms. The van der Waals surface area contributed by atoms with Crippen molar-refractivity contribution in [3.8, 4) is 5.75 Å². The SMILES string of the molecule is COC(=O)Cc1ccc(NC2=Nc3cc([N+](=O)[O-])ccc3OC2C)cc1. The molecule has 2 aromatic rings. The molecule has 0 fully saturated rings. The van der Waals surface area contributed by atoms with Gasteiger partial charge in [-0.2, -0.15) is 0 Å². The first kappa shape index (κ1) is 17.4. The standard InChI is InChI=1S/C18H17N3O5/c1-11-18(19-13-5-3-12(4-6-13)9-17(22)25-2)20-15-10-14(21(23)24)7-8-16(15)26-11/h3-8,10-11H,9H2,1-2H3,(H,19,20). The molecule has 1 heterocycles. The van der Waals surface area contributed by atoms with Crippen molar-refractivity contribution in [2.24, 2.45) is 4.99 Å². The van der Waals surface area contributed by atoms with E-state index < -0.39 is 4.92 Å². The van der Waals surface area contributed by atoms with Crippen LogP contribution in [-0.4, -0.2) is 29.9 Å². The minimum atomic E-state index is -0.471. The number of non-ortho nitro benzene ring substituents is 1. The number of carbonyl (C=O) groups is 1. The summed E-state index contributed by atoms with van der Waals surface area (Å²) in [6.45, 7) is 1.84. The van der Waals surface area contributed by atoms with Gasteiger partial charge in [-0.3, -0.25) is 14.9 Å². The average Bonchev–Trinajstić information content (AvgIpc) is 2.63. The van der Waals surface area contributed by atoms with Crippen LogP contribution >= 0.6 is 0 Å². The van der Waals surface area contributed by atoms with E-state index in [-0.39, 0.29) is 24.2 Å². The predicted molar refractivity (Wildman–Crippen MR) is 96.1 cm³/mol. The Balaban J connectivity index is 1.79. The first-order valence-electron chi connectivity index (χ1n) is 7.92. The Morgan fingerprint density at radius 3 is 2.69 bits per heavy atom. The Morgan fingerprint density at radius 1 is 1.31 bits per heavy atom. The van der Waals surface area contributed by atoms with Gasteiger partial charge in [-0.1, -0.05) is 12.1 Å². The highest BCUT2D eigenvalue weighted by Gasteiger charge is 2.22. The molecule has 0 bridgehead atoms. The fourth-order valence-corrected chi connectivity index (χ4v) is 2.50. The molecule has 0 radical (unpaired) electrons. The lowest BCUT2D eigenvalue weighted by molar-refractivity contribution is -0.384. The number of nitrogens with zero attached hydrogens (tertiary/aromatic N) is 2. The molecule has 8 heteroatoms. The molecular formula is C18H17N3O5. The zero-order valence-corrected chi connectivity index (χ0v) is 14.3. The second-order valence-corrected chi connectivity index (χ2v) is 5.74. The number of nitro benzene ring substituents is 1. The number of nitro groups is 1. The quantitative estimate of drug-likeness (QED) is 0.513. The van der Waals surface area contributed by atoms with Crippen LogP contribution in [0.15, 0.2) is 47.5 Å². The zero-order chi connectivity index (χ0) is 18.7. The van der Waals surface area contributed by atoms with E-state index in [2.05, 4.69) is 15.0 Å². The van der Waals surface area contributed by atoms with Crippen LogP contribution in [0.1, 0.15) is 12.5 Å². The molecule has 0 aromatic heterocycles. The number of aliphatic imine (C=N–C) groups is 1. The van der Waals surface area contributed by atoms with Crippen LogP contribution in [0.4, 0.5) is 17.1 Å². The molecule has 0 spiro atoms. The van der Waals surface area contributed by atoms with Gasteiger partial charge in [-0.05, 0) is 30.7 Å². The van der Waals surface area contributed by atoms with Crippen LogP contribution in [0.3, 0.4) is 0 Å². The Labute approximate surface area is 149 Å². The number of methoxy groups -OCH3 is 1. The van der Waals surface area contributed by atoms with Gasteiger partial charge in [0.15, 0.2) is 6.10 Å². The molecule has 1 aliphatic rings. The largest absolute Gasteiger partial charge is 0.481 e. The van der Waals surface area contributed by atoms with E-state index in [1.807, 2.05) is 31.2 Å². The van der Waals surface area contributed by atoms with Gasteiger partial charge in [-0.15, -0.1) is 0 Å². The van der Waals surface area contributed by atoms with Crippen LogP contribution in [0.25, 0.3) is 0 Å². The second-order valence-electron chi connectivity index (χ2n) is 5.74. The van der Waals surface area contributed by atoms with E-state index in [0.717, 1.165) is 11.3 Å². The van der Waals surface area contributed by atoms with Crippen molar-refractivity contribution < 1.29 is 19.2 Å². The number of hydrogen-bond donors (Lipinski definition) is 1. The first-order valence-corrected chi connectivity index (χ1v) is 7.92. The Kier molecular flexibility index (Phi) is 4.83. The molecule has 1 unspecified atom stereocenters. The summed E-state index contributed by atoms with van der Waals surface area (Å²) < 4.78 is 10.4. The van der Waals surface area contributed by atoms with E-state index in [4.69, 9.17) is 4.74 Å². The number of rotatable bonds is 4. The highest BCUT2D eigenvalue weighted by molar-refractivity contribution is 6.01. The topological polar surface area (TPSA) is 103 Å². The molecule has 1 aliphatic heterocycles. The van der Waals surface area contributed by atoms with Gasteiger partial charge >= 0.3 is 5.97 Å². The van der Waals surface area contributed by atoms with Crippen LogP contribution in [0, 0.1) is 10.1 Å². The molecule has 1 N–H and O–H groups in total. The molecule has 0 saturated carbocycles. The van der Waals surface area contributed by atoms with Crippen molar-refractivity contribution in [2.75, 3.05) is 12.4 Å². The number of esters is 1.